The summed E-state index contributed by atoms with van der Waals surface area (Å²) in [5.41, 5.74) is 7.15. The largest absolute Gasteiger partial charge is 0.116 e. The van der Waals surface area contributed by atoms with Crippen LogP contribution >= 0.6 is 17.2 Å². The molecule has 38 heavy (non-hydrogen) atoms. The first kappa shape index (κ1) is 30.3. The molecule has 0 spiro atoms. The Morgan fingerprint density at radius 2 is 0.553 bits per heavy atom. The summed E-state index contributed by atoms with van der Waals surface area (Å²) in [7, 11) is 2.66. The lowest BCUT2D eigenvalue weighted by molar-refractivity contribution is 0.490. The van der Waals surface area contributed by atoms with Gasteiger partial charge in [-0.2, -0.15) is 0 Å². The van der Waals surface area contributed by atoms with Crippen LogP contribution in [0.25, 0.3) is 11.1 Å². The molecular weight excluding hydrogens is 494 g/mol. The number of hydrogen-bond donors (Lipinski definition) is 0. The molecule has 4 aliphatic carbocycles. The van der Waals surface area contributed by atoms with Crippen molar-refractivity contribution < 1.29 is 0 Å². The number of benzene rings is 2. The Balaban J connectivity index is 0.000000133. The maximum atomic E-state index is 2.12. The Hall–Kier alpha value is -0.700. The predicted octanol–water partition coefficient (Wildman–Crippen LogP) is 12.0. The van der Waals surface area contributed by atoms with Crippen molar-refractivity contribution in [2.75, 3.05) is 0 Å². The first-order valence-corrected chi connectivity index (χ1v) is 18.8. The topological polar surface area (TPSA) is 0 Å². The number of rotatable bonds is 5. The van der Waals surface area contributed by atoms with Gasteiger partial charge in [-0.1, -0.05) is 138 Å². The zero-order valence-corrected chi connectivity index (χ0v) is 26.2. The van der Waals surface area contributed by atoms with Crippen molar-refractivity contribution in [2.24, 2.45) is 0 Å². The van der Waals surface area contributed by atoms with Crippen LogP contribution in [0.4, 0.5) is 0 Å². The van der Waals surface area contributed by atoms with Crippen molar-refractivity contribution in [1.82, 2.24) is 0 Å². The van der Waals surface area contributed by atoms with Crippen LogP contribution in [0, 0.1) is 0 Å². The van der Waals surface area contributed by atoms with Crippen molar-refractivity contribution in [3.63, 3.8) is 0 Å². The molecule has 0 aliphatic heterocycles. The van der Waals surface area contributed by atoms with E-state index < -0.39 is 0 Å². The molecule has 0 amide bonds. The molecule has 0 nitrogen and oxygen atoms in total. The molecule has 6 rings (SSSR count). The molecule has 4 saturated carbocycles. The molecule has 4 fully saturated rings. The lowest BCUT2D eigenvalue weighted by atomic mass is 10.00. The quantitative estimate of drug-likeness (QED) is 0.325. The fourth-order valence-corrected chi connectivity index (χ4v) is 11.3. The number of hydrogen-bond acceptors (Lipinski definition) is 0. The second kappa shape index (κ2) is 18.6. The van der Waals surface area contributed by atoms with Crippen molar-refractivity contribution in [1.29, 1.82) is 0 Å². The molecule has 0 bridgehead atoms. The Bertz CT molecular complexity index is 707. The molecule has 4 aliphatic rings. The second-order valence-electron chi connectivity index (χ2n) is 12.4. The Labute approximate surface area is 239 Å². The summed E-state index contributed by atoms with van der Waals surface area (Å²) in [5, 5.41) is 0. The van der Waals surface area contributed by atoms with Crippen molar-refractivity contribution in [3.05, 3.63) is 60.7 Å². The summed E-state index contributed by atoms with van der Waals surface area (Å²) in [6.45, 7) is 0. The molecule has 2 aromatic rings. The summed E-state index contributed by atoms with van der Waals surface area (Å²) in [5.74, 6) is 0. The average molecular weight is 551 g/mol. The van der Waals surface area contributed by atoms with Gasteiger partial charge < -0.3 is 0 Å². The summed E-state index contributed by atoms with van der Waals surface area (Å²) < 4.78 is 0. The highest BCUT2D eigenvalue weighted by molar-refractivity contribution is 7.40. The van der Waals surface area contributed by atoms with Crippen LogP contribution < -0.4 is 0 Å². The third kappa shape index (κ3) is 11.8. The van der Waals surface area contributed by atoms with Crippen LogP contribution in [-0.4, -0.2) is 22.6 Å². The molecule has 0 heterocycles. The lowest BCUT2D eigenvalue weighted by Crippen LogP contribution is -2.14. The van der Waals surface area contributed by atoms with Gasteiger partial charge in [0.05, 0.1) is 0 Å². The molecule has 0 radical (unpaired) electrons. The van der Waals surface area contributed by atoms with E-state index in [-0.39, 0.29) is 0 Å². The van der Waals surface area contributed by atoms with E-state index in [1.807, 2.05) is 12.1 Å². The summed E-state index contributed by atoms with van der Waals surface area (Å²) >= 11 is 0. The van der Waals surface area contributed by atoms with Crippen LogP contribution in [0.1, 0.15) is 128 Å². The standard InChI is InChI=1S/2C12H23P.C12H10/c2*1-3-7-11(8-4-1)13-12-9-5-2-6-10-12;1-3-7-11(8-4-1)12-9-5-2-6-10-12/h2*11-13H,1-10H2;1-10H. The highest BCUT2D eigenvalue weighted by Crippen LogP contribution is 2.42. The van der Waals surface area contributed by atoms with Gasteiger partial charge in [0.2, 0.25) is 0 Å². The van der Waals surface area contributed by atoms with Crippen LogP contribution in [0.5, 0.6) is 0 Å². The molecule has 0 aromatic heterocycles. The summed E-state index contributed by atoms with van der Waals surface area (Å²) in [4.78, 5) is 0. The smallest absolute Gasteiger partial charge is 0.0184 e. The van der Waals surface area contributed by atoms with Gasteiger partial charge in [0.1, 0.15) is 0 Å². The van der Waals surface area contributed by atoms with Crippen molar-refractivity contribution >= 4 is 17.2 Å². The van der Waals surface area contributed by atoms with Crippen molar-refractivity contribution in [2.45, 2.75) is 151 Å². The van der Waals surface area contributed by atoms with Gasteiger partial charge in [-0.25, -0.2) is 0 Å². The molecule has 0 saturated heterocycles. The van der Waals surface area contributed by atoms with Gasteiger partial charge in [0, 0.05) is 0 Å². The van der Waals surface area contributed by atoms with E-state index in [0.717, 1.165) is 22.6 Å². The van der Waals surface area contributed by atoms with E-state index >= 15 is 0 Å². The minimum atomic E-state index is 1.15. The fraction of sp³-hybridized carbons (Fsp3) is 0.667. The van der Waals surface area contributed by atoms with Gasteiger partial charge in [0.15, 0.2) is 0 Å². The molecule has 0 atom stereocenters. The van der Waals surface area contributed by atoms with E-state index in [4.69, 9.17) is 0 Å². The Kier molecular flexibility index (Phi) is 14.8. The van der Waals surface area contributed by atoms with Crippen LogP contribution in [0.3, 0.4) is 0 Å². The Morgan fingerprint density at radius 1 is 0.316 bits per heavy atom. The van der Waals surface area contributed by atoms with E-state index in [0.29, 0.717) is 0 Å². The van der Waals surface area contributed by atoms with Gasteiger partial charge in [-0.3, -0.25) is 0 Å². The van der Waals surface area contributed by atoms with Gasteiger partial charge in [0.25, 0.3) is 0 Å². The minimum absolute atomic E-state index is 1.15. The lowest BCUT2D eigenvalue weighted by Gasteiger charge is -2.28. The zero-order chi connectivity index (χ0) is 26.1. The zero-order valence-electron chi connectivity index (χ0n) is 24.2. The van der Waals surface area contributed by atoms with Crippen LogP contribution in [-0.2, 0) is 0 Å². The molecule has 2 aromatic carbocycles. The fourth-order valence-electron chi connectivity index (χ4n) is 7.00. The van der Waals surface area contributed by atoms with E-state index in [2.05, 4.69) is 48.5 Å². The molecule has 0 unspecified atom stereocenters. The third-order valence-electron chi connectivity index (χ3n) is 9.24. The summed E-state index contributed by atoms with van der Waals surface area (Å²) in [6, 6.07) is 20.8. The Morgan fingerprint density at radius 3 is 0.789 bits per heavy atom. The highest BCUT2D eigenvalue weighted by atomic mass is 31.1. The summed E-state index contributed by atoms with van der Waals surface area (Å²) in [6.07, 6.45) is 30.9. The maximum absolute atomic E-state index is 2.12. The monoisotopic (exact) mass is 550 g/mol. The maximum Gasteiger partial charge on any atom is -0.0184 e. The molecule has 0 N–H and O–H groups in total. The SMILES string of the molecule is C1CCC(PC2CCCCC2)CC1.C1CCC(PC2CCCCC2)CC1.c1ccc(-c2ccccc2)cc1. The van der Waals surface area contributed by atoms with Crippen LogP contribution in [0.2, 0.25) is 0 Å². The highest BCUT2D eigenvalue weighted by Gasteiger charge is 2.21. The van der Waals surface area contributed by atoms with Crippen molar-refractivity contribution in [3.8, 4) is 11.1 Å². The molecule has 2 heteroatoms. The minimum Gasteiger partial charge on any atom is -0.116 e. The van der Waals surface area contributed by atoms with E-state index in [1.54, 1.807) is 51.4 Å². The predicted molar refractivity (Wildman–Crippen MR) is 176 cm³/mol. The van der Waals surface area contributed by atoms with Gasteiger partial charge in [-0.05, 0) is 85.1 Å². The average Bonchev–Trinajstić information content (AvgIpc) is 3.01. The van der Waals surface area contributed by atoms with E-state index in [9.17, 15) is 0 Å². The molecular formula is C36H56P2. The van der Waals surface area contributed by atoms with Gasteiger partial charge >= 0.3 is 0 Å². The normalized spacial score (nSPS) is 22.0. The van der Waals surface area contributed by atoms with Gasteiger partial charge in [-0.15, -0.1) is 17.2 Å². The van der Waals surface area contributed by atoms with Crippen LogP contribution in [0.15, 0.2) is 60.7 Å². The molecule has 210 valence electrons. The first-order valence-electron chi connectivity index (χ1n) is 16.5. The third-order valence-corrected chi connectivity index (χ3v) is 13.4. The first-order chi connectivity index (χ1) is 18.9. The van der Waals surface area contributed by atoms with E-state index in [1.165, 1.54) is 105 Å². The second-order valence-corrected chi connectivity index (χ2v) is 16.3.